The Kier molecular flexibility index (Phi) is 1.30. The van der Waals surface area contributed by atoms with Gasteiger partial charge in [0.05, 0.1) is 6.10 Å². The maximum Gasteiger partial charge on any atom is 0.0665 e. The number of aliphatic hydroxyl groups excluding tert-OH is 1. The first-order valence-electron chi connectivity index (χ1n) is 2.72. The fraction of sp³-hybridized carbons (Fsp3) is 1.00. The van der Waals surface area contributed by atoms with E-state index in [-0.39, 0.29) is 6.10 Å². The van der Waals surface area contributed by atoms with Crippen LogP contribution in [-0.4, -0.2) is 23.8 Å². The standard InChI is InChI=1S/C5H11NO/c1-4(7)5-2-3-6-5/h4-7H,2-3H2,1H3/t4-,5+/m1/s1. The molecule has 42 valence electrons. The molecule has 0 aromatic carbocycles. The molecule has 1 aliphatic heterocycles. The van der Waals surface area contributed by atoms with Crippen LogP contribution in [0.2, 0.25) is 0 Å². The second-order valence-electron chi connectivity index (χ2n) is 2.09. The van der Waals surface area contributed by atoms with Gasteiger partial charge in [0.2, 0.25) is 0 Å². The van der Waals surface area contributed by atoms with Gasteiger partial charge in [-0.3, -0.25) is 0 Å². The van der Waals surface area contributed by atoms with Crippen LogP contribution in [0, 0.1) is 0 Å². The SMILES string of the molecule is C[C@@H](O)[C@@H]1CCN1. The van der Waals surface area contributed by atoms with Crippen molar-refractivity contribution in [3.63, 3.8) is 0 Å². The van der Waals surface area contributed by atoms with Crippen LogP contribution < -0.4 is 5.32 Å². The lowest BCUT2D eigenvalue weighted by Crippen LogP contribution is -2.49. The van der Waals surface area contributed by atoms with E-state index in [1.54, 1.807) is 0 Å². The maximum atomic E-state index is 8.81. The summed E-state index contributed by atoms with van der Waals surface area (Å²) in [5.74, 6) is 0. The van der Waals surface area contributed by atoms with E-state index in [1.807, 2.05) is 6.92 Å². The molecule has 1 rings (SSSR count). The Morgan fingerprint density at radius 3 is 2.43 bits per heavy atom. The molecule has 0 radical (unpaired) electrons. The highest BCUT2D eigenvalue weighted by molar-refractivity contribution is 4.81. The Labute approximate surface area is 43.5 Å². The summed E-state index contributed by atoms with van der Waals surface area (Å²) in [6, 6.07) is 0.389. The molecule has 0 saturated carbocycles. The van der Waals surface area contributed by atoms with E-state index in [0.717, 1.165) is 13.0 Å². The summed E-state index contributed by atoms with van der Waals surface area (Å²) < 4.78 is 0. The summed E-state index contributed by atoms with van der Waals surface area (Å²) in [5.41, 5.74) is 0. The van der Waals surface area contributed by atoms with Gasteiger partial charge >= 0.3 is 0 Å². The van der Waals surface area contributed by atoms with Crippen molar-refractivity contribution in [3.05, 3.63) is 0 Å². The zero-order valence-corrected chi connectivity index (χ0v) is 4.52. The van der Waals surface area contributed by atoms with E-state index in [4.69, 9.17) is 5.11 Å². The highest BCUT2D eigenvalue weighted by atomic mass is 16.3. The summed E-state index contributed by atoms with van der Waals surface area (Å²) >= 11 is 0. The van der Waals surface area contributed by atoms with Gasteiger partial charge in [-0.2, -0.15) is 0 Å². The molecule has 0 bridgehead atoms. The Morgan fingerprint density at radius 2 is 2.43 bits per heavy atom. The third-order valence-corrected chi connectivity index (χ3v) is 1.44. The van der Waals surface area contributed by atoms with Crippen molar-refractivity contribution in [2.75, 3.05) is 6.54 Å². The molecule has 1 heterocycles. The van der Waals surface area contributed by atoms with Crippen LogP contribution in [0.25, 0.3) is 0 Å². The smallest absolute Gasteiger partial charge is 0.0665 e. The van der Waals surface area contributed by atoms with Gasteiger partial charge in [-0.25, -0.2) is 0 Å². The quantitative estimate of drug-likeness (QED) is 0.476. The summed E-state index contributed by atoms with van der Waals surface area (Å²) in [5, 5.41) is 11.9. The van der Waals surface area contributed by atoms with Crippen molar-refractivity contribution in [2.24, 2.45) is 0 Å². The zero-order chi connectivity index (χ0) is 5.28. The van der Waals surface area contributed by atoms with E-state index >= 15 is 0 Å². The average Bonchev–Trinajstić information content (AvgIpc) is 1.23. The largest absolute Gasteiger partial charge is 0.392 e. The van der Waals surface area contributed by atoms with E-state index in [9.17, 15) is 0 Å². The fourth-order valence-corrected chi connectivity index (χ4v) is 0.723. The van der Waals surface area contributed by atoms with E-state index < -0.39 is 0 Å². The molecular weight excluding hydrogens is 90.1 g/mol. The Hall–Kier alpha value is -0.0800. The van der Waals surface area contributed by atoms with Crippen molar-refractivity contribution >= 4 is 0 Å². The molecule has 0 aromatic rings. The lowest BCUT2D eigenvalue weighted by Gasteiger charge is -2.29. The van der Waals surface area contributed by atoms with Crippen LogP contribution in [0.3, 0.4) is 0 Å². The highest BCUT2D eigenvalue weighted by Crippen LogP contribution is 2.05. The maximum absolute atomic E-state index is 8.81. The molecule has 2 nitrogen and oxygen atoms in total. The molecule has 1 aliphatic rings. The first-order chi connectivity index (χ1) is 3.30. The molecule has 0 aliphatic carbocycles. The topological polar surface area (TPSA) is 32.3 Å². The summed E-state index contributed by atoms with van der Waals surface area (Å²) in [6.45, 7) is 2.90. The van der Waals surface area contributed by atoms with Crippen LogP contribution in [0.1, 0.15) is 13.3 Å². The Bertz CT molecular complexity index is 59.1. The Morgan fingerprint density at radius 1 is 1.86 bits per heavy atom. The number of rotatable bonds is 1. The molecule has 1 fully saturated rings. The fourth-order valence-electron chi connectivity index (χ4n) is 0.723. The molecule has 2 heteroatoms. The normalized spacial score (nSPS) is 34.3. The van der Waals surface area contributed by atoms with Crippen molar-refractivity contribution in [1.29, 1.82) is 0 Å². The molecule has 0 unspecified atom stereocenters. The molecule has 0 spiro atoms. The summed E-state index contributed by atoms with van der Waals surface area (Å²) in [6.07, 6.45) is 0.978. The molecule has 7 heavy (non-hydrogen) atoms. The summed E-state index contributed by atoms with van der Waals surface area (Å²) in [7, 11) is 0. The zero-order valence-electron chi connectivity index (χ0n) is 4.52. The summed E-state index contributed by atoms with van der Waals surface area (Å²) in [4.78, 5) is 0. The van der Waals surface area contributed by atoms with Gasteiger partial charge in [0, 0.05) is 6.04 Å². The molecule has 2 N–H and O–H groups in total. The second-order valence-corrected chi connectivity index (χ2v) is 2.09. The monoisotopic (exact) mass is 101 g/mol. The lowest BCUT2D eigenvalue weighted by molar-refractivity contribution is 0.111. The third-order valence-electron chi connectivity index (χ3n) is 1.44. The van der Waals surface area contributed by atoms with Crippen LogP contribution >= 0.6 is 0 Å². The van der Waals surface area contributed by atoms with Crippen molar-refractivity contribution in [3.8, 4) is 0 Å². The number of aliphatic hydroxyl groups is 1. The van der Waals surface area contributed by atoms with Crippen LogP contribution in [0.4, 0.5) is 0 Å². The average molecular weight is 101 g/mol. The van der Waals surface area contributed by atoms with Crippen LogP contribution in [0.5, 0.6) is 0 Å². The lowest BCUT2D eigenvalue weighted by atomic mass is 10.0. The molecule has 1 saturated heterocycles. The van der Waals surface area contributed by atoms with Gasteiger partial charge in [0.1, 0.15) is 0 Å². The molecular formula is C5H11NO. The van der Waals surface area contributed by atoms with E-state index in [0.29, 0.717) is 6.04 Å². The predicted molar refractivity (Wildman–Crippen MR) is 28.1 cm³/mol. The van der Waals surface area contributed by atoms with Gasteiger partial charge in [0.15, 0.2) is 0 Å². The minimum Gasteiger partial charge on any atom is -0.392 e. The molecule has 0 aromatic heterocycles. The van der Waals surface area contributed by atoms with Gasteiger partial charge in [0.25, 0.3) is 0 Å². The minimum atomic E-state index is -0.159. The van der Waals surface area contributed by atoms with E-state index in [2.05, 4.69) is 5.32 Å². The molecule has 2 atom stereocenters. The third kappa shape index (κ3) is 0.924. The van der Waals surface area contributed by atoms with E-state index in [1.165, 1.54) is 0 Å². The first kappa shape index (κ1) is 5.06. The van der Waals surface area contributed by atoms with Crippen LogP contribution in [0.15, 0.2) is 0 Å². The minimum absolute atomic E-state index is 0.159. The van der Waals surface area contributed by atoms with Gasteiger partial charge in [-0.15, -0.1) is 0 Å². The van der Waals surface area contributed by atoms with Crippen molar-refractivity contribution in [1.82, 2.24) is 5.32 Å². The number of hydrogen-bond acceptors (Lipinski definition) is 2. The molecule has 0 amide bonds. The number of nitrogens with one attached hydrogen (secondary N) is 1. The van der Waals surface area contributed by atoms with Crippen molar-refractivity contribution < 1.29 is 5.11 Å². The van der Waals surface area contributed by atoms with Crippen LogP contribution in [-0.2, 0) is 0 Å². The van der Waals surface area contributed by atoms with Crippen molar-refractivity contribution in [2.45, 2.75) is 25.5 Å². The van der Waals surface area contributed by atoms with Gasteiger partial charge in [-0.05, 0) is 19.9 Å². The number of hydrogen-bond donors (Lipinski definition) is 2. The predicted octanol–water partition coefficient (Wildman–Crippen LogP) is -0.271. The van der Waals surface area contributed by atoms with Gasteiger partial charge in [-0.1, -0.05) is 0 Å². The first-order valence-corrected chi connectivity index (χ1v) is 2.72. The van der Waals surface area contributed by atoms with Gasteiger partial charge < -0.3 is 10.4 Å². The highest BCUT2D eigenvalue weighted by Gasteiger charge is 2.20. The Balaban J connectivity index is 2.14. The second kappa shape index (κ2) is 1.80.